The lowest BCUT2D eigenvalue weighted by molar-refractivity contribution is -0.333. The lowest BCUT2D eigenvalue weighted by Crippen LogP contribution is -2.59. The molecular formula is C55H93N3O17. The molecule has 2 heterocycles. The number of nitrogens with two attached hydrogens (primary N) is 2. The maximum absolute atomic E-state index is 13.6. The Kier molecular flexibility index (Phi) is 30.4. The molecule has 430 valence electrons. The first-order chi connectivity index (χ1) is 35.1. The van der Waals surface area contributed by atoms with Crippen LogP contribution in [0.1, 0.15) is 145 Å². The van der Waals surface area contributed by atoms with Gasteiger partial charge in [0, 0.05) is 68.4 Å². The number of carboxylic acids is 1. The molecule has 2 aliphatic heterocycles. The number of carbonyl (C=O) groups excluding carboxylic acids is 2. The minimum Gasteiger partial charge on any atom is -0.481 e. The van der Waals surface area contributed by atoms with Crippen molar-refractivity contribution in [2.24, 2.45) is 46.0 Å². The third kappa shape index (κ3) is 25.3. The summed E-state index contributed by atoms with van der Waals surface area (Å²) in [6, 6.07) is 0. The molecule has 15 N–H and O–H groups in total. The molecule has 0 radical (unpaired) electrons. The quantitative estimate of drug-likeness (QED) is 0.0333. The van der Waals surface area contributed by atoms with Crippen molar-refractivity contribution in [2.45, 2.75) is 224 Å². The van der Waals surface area contributed by atoms with Crippen molar-refractivity contribution in [3.05, 3.63) is 59.8 Å². The maximum Gasteiger partial charge on any atom is 0.334 e. The molecule has 0 aliphatic carbocycles. The fourth-order valence-electron chi connectivity index (χ4n) is 9.34. The Morgan fingerprint density at radius 2 is 1.40 bits per heavy atom. The number of aliphatic imine (C=N–C) groups is 1. The van der Waals surface area contributed by atoms with Gasteiger partial charge in [-0.15, -0.1) is 0 Å². The first kappa shape index (κ1) is 67.1. The predicted octanol–water partition coefficient (Wildman–Crippen LogP) is 3.11. The van der Waals surface area contributed by atoms with E-state index in [2.05, 4.69) is 17.1 Å². The second-order valence-corrected chi connectivity index (χ2v) is 21.4. The highest BCUT2D eigenvalue weighted by Gasteiger charge is 2.50. The van der Waals surface area contributed by atoms with E-state index in [0.717, 1.165) is 32.1 Å². The van der Waals surface area contributed by atoms with E-state index < -0.39 is 128 Å². The molecule has 2 bridgehead atoms. The molecule has 0 amide bonds. The fourth-order valence-corrected chi connectivity index (χ4v) is 9.34. The number of carbonyl (C=O) groups is 3. The summed E-state index contributed by atoms with van der Waals surface area (Å²) >= 11 is 0. The van der Waals surface area contributed by atoms with E-state index in [9.17, 15) is 70.6 Å². The van der Waals surface area contributed by atoms with E-state index in [1.165, 1.54) is 0 Å². The average Bonchev–Trinajstić information content (AvgIpc) is 3.31. The smallest absolute Gasteiger partial charge is 0.334 e. The summed E-state index contributed by atoms with van der Waals surface area (Å²) < 4.78 is 17.4. The Hall–Kier alpha value is -4.06. The van der Waals surface area contributed by atoms with Gasteiger partial charge < -0.3 is 81.8 Å². The zero-order chi connectivity index (χ0) is 56.6. The van der Waals surface area contributed by atoms with Gasteiger partial charge in [-0.05, 0) is 82.6 Å². The van der Waals surface area contributed by atoms with Crippen molar-refractivity contribution in [1.29, 1.82) is 0 Å². The number of carboxylic acid groups (broad SMARTS) is 1. The minimum absolute atomic E-state index is 0.0596. The van der Waals surface area contributed by atoms with Crippen LogP contribution in [0, 0.1) is 29.6 Å². The molecular weight excluding hydrogens is 975 g/mol. The molecule has 1 saturated heterocycles. The molecule has 18 unspecified atom stereocenters. The molecule has 75 heavy (non-hydrogen) atoms. The second-order valence-electron chi connectivity index (χ2n) is 21.4. The summed E-state index contributed by atoms with van der Waals surface area (Å²) in [5.41, 5.74) is 11.6. The number of hydrogen-bond donors (Lipinski definition) is 13. The number of aliphatic carboxylic acids is 1. The summed E-state index contributed by atoms with van der Waals surface area (Å²) in [5.74, 6) is -7.71. The Bertz CT molecular complexity index is 1910. The number of ether oxygens (including phenoxy) is 3. The van der Waals surface area contributed by atoms with E-state index in [4.69, 9.17) is 25.7 Å². The molecule has 0 aromatic heterocycles. The van der Waals surface area contributed by atoms with E-state index in [1.807, 2.05) is 19.9 Å². The normalized spacial score (nSPS) is 35.8. The number of guanidine groups is 1. The molecule has 20 nitrogen and oxygen atoms in total. The minimum atomic E-state index is -2.48. The average molecular weight is 1070 g/mol. The van der Waals surface area contributed by atoms with Gasteiger partial charge in [0.2, 0.25) is 0 Å². The summed E-state index contributed by atoms with van der Waals surface area (Å²) in [6.45, 7) is 12.8. The molecule has 2 aliphatic rings. The van der Waals surface area contributed by atoms with Gasteiger partial charge in [-0.25, -0.2) is 4.79 Å². The summed E-state index contributed by atoms with van der Waals surface area (Å²) in [7, 11) is 0. The Balaban J connectivity index is 2.46. The molecule has 0 aromatic rings. The maximum atomic E-state index is 13.6. The van der Waals surface area contributed by atoms with Crippen LogP contribution in [0.5, 0.6) is 0 Å². The largest absolute Gasteiger partial charge is 0.481 e. The van der Waals surface area contributed by atoms with E-state index >= 15 is 0 Å². The van der Waals surface area contributed by atoms with Gasteiger partial charge in [0.25, 0.3) is 0 Å². The van der Waals surface area contributed by atoms with Crippen LogP contribution in [-0.4, -0.2) is 166 Å². The van der Waals surface area contributed by atoms with Crippen molar-refractivity contribution in [3.63, 3.8) is 0 Å². The Labute approximate surface area is 443 Å². The van der Waals surface area contributed by atoms with Gasteiger partial charge in [0.05, 0.1) is 54.9 Å². The second kappa shape index (κ2) is 34.0. The van der Waals surface area contributed by atoms with Crippen molar-refractivity contribution >= 4 is 23.9 Å². The van der Waals surface area contributed by atoms with Crippen LogP contribution in [0.25, 0.3) is 0 Å². The molecule has 2 rings (SSSR count). The predicted molar refractivity (Wildman–Crippen MR) is 282 cm³/mol. The lowest BCUT2D eigenvalue weighted by atomic mass is 9.84. The summed E-state index contributed by atoms with van der Waals surface area (Å²) in [5, 5.41) is 120. The van der Waals surface area contributed by atoms with Crippen LogP contribution >= 0.6 is 0 Å². The first-order valence-corrected chi connectivity index (χ1v) is 26.7. The lowest BCUT2D eigenvalue weighted by Gasteiger charge is -2.45. The van der Waals surface area contributed by atoms with Crippen LogP contribution in [-0.2, 0) is 28.6 Å². The number of rotatable bonds is 12. The Morgan fingerprint density at radius 3 is 2.04 bits per heavy atom. The van der Waals surface area contributed by atoms with Crippen molar-refractivity contribution in [1.82, 2.24) is 0 Å². The highest BCUT2D eigenvalue weighted by Crippen LogP contribution is 2.36. The third-order valence-corrected chi connectivity index (χ3v) is 14.5. The van der Waals surface area contributed by atoms with Crippen LogP contribution in [0.4, 0.5) is 0 Å². The summed E-state index contributed by atoms with van der Waals surface area (Å²) in [4.78, 5) is 41.4. The molecule has 0 saturated carbocycles. The zero-order valence-corrected chi connectivity index (χ0v) is 45.2. The van der Waals surface area contributed by atoms with Crippen LogP contribution in [0.15, 0.2) is 64.7 Å². The summed E-state index contributed by atoms with van der Waals surface area (Å²) in [6.07, 6.45) is 0.787. The molecule has 20 heteroatoms. The van der Waals surface area contributed by atoms with E-state index in [0.29, 0.717) is 17.7 Å². The zero-order valence-electron chi connectivity index (χ0n) is 45.2. The first-order valence-electron chi connectivity index (χ1n) is 26.7. The van der Waals surface area contributed by atoms with Gasteiger partial charge in [0.1, 0.15) is 24.7 Å². The number of aliphatic hydroxyl groups excluding tert-OH is 9. The number of hydrogen-bond acceptors (Lipinski definition) is 17. The van der Waals surface area contributed by atoms with Crippen LogP contribution < -0.4 is 11.5 Å². The number of nitrogens with zero attached hydrogens (tertiary/aromatic N) is 1. The van der Waals surface area contributed by atoms with Gasteiger partial charge in [-0.3, -0.25) is 14.6 Å². The number of cyclic esters (lactones) is 1. The monoisotopic (exact) mass is 1070 g/mol. The Morgan fingerprint density at radius 1 is 0.787 bits per heavy atom. The van der Waals surface area contributed by atoms with Gasteiger partial charge in [0.15, 0.2) is 11.7 Å². The van der Waals surface area contributed by atoms with Crippen molar-refractivity contribution < 1.29 is 84.8 Å². The van der Waals surface area contributed by atoms with E-state index in [1.54, 1.807) is 65.0 Å². The molecule has 1 fully saturated rings. The number of allylic oxidation sites excluding steroid dienone is 6. The van der Waals surface area contributed by atoms with E-state index in [-0.39, 0.29) is 69.2 Å². The number of unbranched alkanes of at least 4 members (excludes halogenated alkanes) is 2. The molecule has 18 atom stereocenters. The van der Waals surface area contributed by atoms with Gasteiger partial charge >= 0.3 is 17.9 Å². The topological polar surface area (TPSA) is 366 Å². The fraction of sp³-hybridized carbons (Fsp3) is 0.745. The SMILES string of the molecule is CC1=CC=CC(C)C(O)CC(O)C(C)C(O)CCC(C)C(O)CC2(O)OC(CC(O)CC(OC(=O)CC(=O)O)CC(O)CC(O)C(C)=CC=CC(C)C(C(C)CCCC=CCCCN=C(N)N)OC1=O)CC(O)C2O. The number of fused-ring (bicyclic) bond motifs is 2. The van der Waals surface area contributed by atoms with Crippen LogP contribution in [0.2, 0.25) is 0 Å². The molecule has 0 aromatic carbocycles. The van der Waals surface area contributed by atoms with Crippen molar-refractivity contribution in [2.75, 3.05) is 6.54 Å². The van der Waals surface area contributed by atoms with Gasteiger partial charge in [-0.1, -0.05) is 83.2 Å². The van der Waals surface area contributed by atoms with Crippen LogP contribution in [0.3, 0.4) is 0 Å². The molecule has 0 spiro atoms. The highest BCUT2D eigenvalue weighted by atomic mass is 16.7. The number of esters is 2. The third-order valence-electron chi connectivity index (χ3n) is 14.5. The standard InChI is InChI=1S/C55H93N3O17/c1-32-17-14-19-36(5)51(35(4)16-12-10-8-9-11-13-23-58-54(56)57)74-53(71)37(6)20-15-18-33(2)45(63)29-46(64)38(7)43(61)22-21-34(3)48(66)31-55(72)52(70)47(65)28-42(75-55)26-39(59)24-41(25-40(60)27-44(32)62)73-50(69)30-49(67)68/h8-9,14-15,17-20,33-36,38-48,51-52,59-66,70,72H,10-13,16,21-31H2,1-7H3,(H,67,68)(H4,56,57,58). The van der Waals surface area contributed by atoms with Crippen molar-refractivity contribution in [3.8, 4) is 0 Å². The number of aliphatic hydroxyl groups is 10. The van der Waals surface area contributed by atoms with Gasteiger partial charge in [-0.2, -0.15) is 0 Å². The highest BCUT2D eigenvalue weighted by molar-refractivity contribution is 5.90.